The molecule has 0 radical (unpaired) electrons. The van der Waals surface area contributed by atoms with Gasteiger partial charge in [0.1, 0.15) is 0 Å². The first-order valence-corrected chi connectivity index (χ1v) is 13.8. The summed E-state index contributed by atoms with van der Waals surface area (Å²) in [6.45, 7) is 14.0. The molecule has 0 saturated carbocycles. The molecule has 3 aromatic rings. The van der Waals surface area contributed by atoms with Crippen molar-refractivity contribution in [1.29, 1.82) is 0 Å². The van der Waals surface area contributed by atoms with Crippen LogP contribution in [0.3, 0.4) is 0 Å². The summed E-state index contributed by atoms with van der Waals surface area (Å²) in [6, 6.07) is 6.23. The van der Waals surface area contributed by atoms with E-state index in [1.807, 2.05) is 13.0 Å². The van der Waals surface area contributed by atoms with E-state index < -0.39 is 17.9 Å². The van der Waals surface area contributed by atoms with Gasteiger partial charge in [-0.05, 0) is 87.1 Å². The molecule has 6 rings (SSSR count). The minimum atomic E-state index is -0.745. The number of hydrogen-bond acceptors (Lipinski definition) is 6. The Kier molecular flexibility index (Phi) is 7.15. The normalized spacial score (nSPS) is 16.2. The molecule has 0 fully saturated rings. The van der Waals surface area contributed by atoms with Crippen molar-refractivity contribution in [2.45, 2.75) is 73.6 Å². The number of ether oxygens (including phenoxy) is 1. The van der Waals surface area contributed by atoms with E-state index in [1.54, 1.807) is 6.92 Å². The van der Waals surface area contributed by atoms with E-state index in [2.05, 4.69) is 56.7 Å². The molecule has 6 heterocycles. The predicted molar refractivity (Wildman–Crippen MR) is 157 cm³/mol. The number of aryl methyl sites for hydroxylation is 4. The number of nitrogens with zero attached hydrogens (tertiary/aromatic N) is 2. The number of carbonyl (C=O) groups is 3. The van der Waals surface area contributed by atoms with Crippen molar-refractivity contribution in [3.8, 4) is 0 Å². The predicted octanol–water partition coefficient (Wildman–Crippen LogP) is 5.93. The fourth-order valence-corrected chi connectivity index (χ4v) is 5.38. The lowest BCUT2D eigenvalue weighted by molar-refractivity contribution is -0.154. The fraction of sp³-hybridized carbons (Fsp3) is 0.344. The molecule has 41 heavy (non-hydrogen) atoms. The van der Waals surface area contributed by atoms with Crippen LogP contribution in [0.5, 0.6) is 0 Å². The molecule has 1 unspecified atom stereocenters. The van der Waals surface area contributed by atoms with Crippen LogP contribution in [-0.4, -0.2) is 43.0 Å². The highest BCUT2D eigenvalue weighted by atomic mass is 16.6. The third-order valence-corrected chi connectivity index (χ3v) is 8.31. The van der Waals surface area contributed by atoms with Crippen molar-refractivity contribution in [3.05, 3.63) is 68.8 Å². The van der Waals surface area contributed by atoms with Gasteiger partial charge < -0.3 is 19.8 Å². The van der Waals surface area contributed by atoms with E-state index in [0.29, 0.717) is 34.5 Å². The largest absolute Gasteiger partial charge is 0.481 e. The molecule has 0 amide bonds. The molecular formula is C32H34N4O5. The number of carboxylic acids is 1. The van der Waals surface area contributed by atoms with Gasteiger partial charge in [0.15, 0.2) is 0 Å². The highest BCUT2D eigenvalue weighted by Crippen LogP contribution is 2.37. The number of aromatic amines is 2. The molecule has 0 aromatic carbocycles. The van der Waals surface area contributed by atoms with E-state index in [1.165, 1.54) is 11.1 Å². The maximum Gasteiger partial charge on any atom is 0.348 e. The maximum absolute atomic E-state index is 12.9. The van der Waals surface area contributed by atoms with Crippen molar-refractivity contribution >= 4 is 51.1 Å². The van der Waals surface area contributed by atoms with Gasteiger partial charge in [0, 0.05) is 51.4 Å². The number of rotatable bonds is 1. The van der Waals surface area contributed by atoms with E-state index in [4.69, 9.17) is 19.8 Å². The summed E-state index contributed by atoms with van der Waals surface area (Å²) in [4.78, 5) is 51.8. The van der Waals surface area contributed by atoms with Crippen molar-refractivity contribution in [2.24, 2.45) is 0 Å². The third-order valence-electron chi connectivity index (χ3n) is 8.31. The summed E-state index contributed by atoms with van der Waals surface area (Å²) in [5, 5.41) is 7.72. The van der Waals surface area contributed by atoms with E-state index in [-0.39, 0.29) is 18.8 Å². The number of carbonyl (C=O) groups excluding carboxylic acids is 2. The molecule has 1 atom stereocenters. The SMILES string of the molecule is CC1=C2C(=O)OC(=O)Cc3c4nc(cc5[nH]c(cc6[nH]c(cc1nc32)c(C)c6C)c(C)c5C)C(C)C4.CCC(=O)O. The van der Waals surface area contributed by atoms with Gasteiger partial charge in [-0.3, -0.25) is 14.6 Å². The average molecular weight is 555 g/mol. The van der Waals surface area contributed by atoms with Gasteiger partial charge in [-0.25, -0.2) is 9.78 Å². The van der Waals surface area contributed by atoms with Gasteiger partial charge in [0.05, 0.1) is 23.4 Å². The number of fused-ring (bicyclic) bond motifs is 8. The van der Waals surface area contributed by atoms with Crippen LogP contribution in [0.25, 0.3) is 33.2 Å². The molecule has 0 aliphatic carbocycles. The molecule has 3 aromatic heterocycles. The number of hydrogen-bond donors (Lipinski definition) is 3. The van der Waals surface area contributed by atoms with E-state index >= 15 is 0 Å². The second-order valence-corrected chi connectivity index (χ2v) is 10.9. The monoisotopic (exact) mass is 554 g/mol. The van der Waals surface area contributed by atoms with Crippen LogP contribution in [0.1, 0.15) is 83.7 Å². The summed E-state index contributed by atoms with van der Waals surface area (Å²) in [5.74, 6) is -1.80. The molecule has 3 N–H and O–H groups in total. The Morgan fingerprint density at radius 3 is 2.02 bits per heavy atom. The van der Waals surface area contributed by atoms with Crippen molar-refractivity contribution < 1.29 is 24.2 Å². The van der Waals surface area contributed by atoms with Gasteiger partial charge in [-0.15, -0.1) is 0 Å². The first-order valence-electron chi connectivity index (χ1n) is 13.8. The summed E-state index contributed by atoms with van der Waals surface area (Å²) in [5.41, 5.74) is 13.3. The Labute approximate surface area is 237 Å². The summed E-state index contributed by atoms with van der Waals surface area (Å²) < 4.78 is 5.15. The Bertz CT molecular complexity index is 1840. The van der Waals surface area contributed by atoms with Gasteiger partial charge in [0.2, 0.25) is 0 Å². The van der Waals surface area contributed by atoms with Crippen LogP contribution >= 0.6 is 0 Å². The Hall–Kier alpha value is -4.53. The number of carboxylic acid groups (broad SMARTS) is 1. The summed E-state index contributed by atoms with van der Waals surface area (Å²) >= 11 is 0. The first-order chi connectivity index (χ1) is 19.4. The molecule has 3 aliphatic heterocycles. The van der Waals surface area contributed by atoms with Crippen LogP contribution in [0.4, 0.5) is 0 Å². The smallest absolute Gasteiger partial charge is 0.348 e. The molecule has 212 valence electrons. The van der Waals surface area contributed by atoms with Crippen molar-refractivity contribution in [1.82, 2.24) is 19.9 Å². The number of cyclic esters (lactones) is 2. The number of aromatic nitrogens is 4. The zero-order chi connectivity index (χ0) is 29.7. The first kappa shape index (κ1) is 28.0. The number of H-pyrrole nitrogens is 2. The quantitative estimate of drug-likeness (QED) is 0.250. The third kappa shape index (κ3) is 4.96. The highest BCUT2D eigenvalue weighted by Gasteiger charge is 2.35. The fourth-order valence-electron chi connectivity index (χ4n) is 5.38. The van der Waals surface area contributed by atoms with Crippen LogP contribution in [0.15, 0.2) is 18.2 Å². The van der Waals surface area contributed by atoms with Gasteiger partial charge in [-0.1, -0.05) is 13.8 Å². The zero-order valence-corrected chi connectivity index (χ0v) is 24.4. The summed E-state index contributed by atoms with van der Waals surface area (Å²) in [6.07, 6.45) is 0.862. The minimum Gasteiger partial charge on any atom is -0.481 e. The van der Waals surface area contributed by atoms with Gasteiger partial charge >= 0.3 is 17.9 Å². The second kappa shape index (κ2) is 10.5. The van der Waals surface area contributed by atoms with Crippen molar-refractivity contribution in [2.75, 3.05) is 0 Å². The summed E-state index contributed by atoms with van der Waals surface area (Å²) in [7, 11) is 0. The topological polar surface area (TPSA) is 138 Å². The van der Waals surface area contributed by atoms with Crippen LogP contribution in [0, 0.1) is 27.7 Å². The zero-order valence-electron chi connectivity index (χ0n) is 24.4. The molecule has 8 bridgehead atoms. The Morgan fingerprint density at radius 1 is 0.927 bits per heavy atom. The molecular weight excluding hydrogens is 520 g/mol. The molecule has 9 heteroatoms. The lowest BCUT2D eigenvalue weighted by atomic mass is 9.97. The maximum atomic E-state index is 12.9. The standard InChI is InChI=1S/C29H28N4O3.C3H6O2/c1-12-7-25-18-8-26(34)36-29(35)27-17(6)24(33-28(18)27)11-23-16(5)15(4)22(32-23)10-21-14(3)13(2)20(31-21)9-19(12)30-25;1-2-3(4)5/h9-12,31-32H,7-8H2,1-6H3;2H2,1H3,(H,4,5). The number of nitrogens with one attached hydrogen (secondary N) is 2. The Morgan fingerprint density at radius 2 is 1.46 bits per heavy atom. The minimum absolute atomic E-state index is 0.0298. The number of esters is 2. The lowest BCUT2D eigenvalue weighted by Crippen LogP contribution is -2.11. The number of aliphatic carboxylic acids is 1. The highest BCUT2D eigenvalue weighted by molar-refractivity contribution is 6.28. The van der Waals surface area contributed by atoms with Crippen molar-refractivity contribution in [3.63, 3.8) is 0 Å². The molecule has 0 saturated heterocycles. The van der Waals surface area contributed by atoms with Gasteiger partial charge in [-0.2, -0.15) is 0 Å². The molecule has 0 spiro atoms. The average Bonchev–Trinajstić information content (AvgIpc) is 3.58. The number of allylic oxidation sites excluding steroid dienone is 1. The van der Waals surface area contributed by atoms with Crippen LogP contribution in [-0.2, 0) is 32.0 Å². The van der Waals surface area contributed by atoms with Crippen LogP contribution in [0.2, 0.25) is 0 Å². The van der Waals surface area contributed by atoms with E-state index in [0.717, 1.165) is 44.6 Å². The second-order valence-electron chi connectivity index (χ2n) is 10.9. The Balaban J connectivity index is 0.000000623. The lowest BCUT2D eigenvalue weighted by Gasteiger charge is -2.02. The van der Waals surface area contributed by atoms with Gasteiger partial charge in [0.25, 0.3) is 0 Å². The molecule has 3 aliphatic rings. The van der Waals surface area contributed by atoms with E-state index in [9.17, 15) is 14.4 Å². The molecule has 9 nitrogen and oxygen atoms in total. The van der Waals surface area contributed by atoms with Crippen LogP contribution < -0.4 is 0 Å².